The minimum absolute atomic E-state index is 0.0961. The average molecular weight is 216 g/mol. The summed E-state index contributed by atoms with van der Waals surface area (Å²) >= 11 is 0. The zero-order valence-corrected chi connectivity index (χ0v) is 8.68. The fourth-order valence-electron chi connectivity index (χ4n) is 1.47. The summed E-state index contributed by atoms with van der Waals surface area (Å²) in [6.45, 7) is 1.70. The smallest absolute Gasteiger partial charge is 0.308 e. The van der Waals surface area contributed by atoms with Crippen molar-refractivity contribution in [2.45, 2.75) is 50.9 Å². The van der Waals surface area contributed by atoms with Gasteiger partial charge in [-0.05, 0) is 13.3 Å². The van der Waals surface area contributed by atoms with Gasteiger partial charge in [0.2, 0.25) is 0 Å². The van der Waals surface area contributed by atoms with Crippen LogP contribution in [0.15, 0.2) is 0 Å². The van der Waals surface area contributed by atoms with Crippen LogP contribution >= 0.6 is 0 Å². The van der Waals surface area contributed by atoms with Crippen molar-refractivity contribution in [3.05, 3.63) is 0 Å². The highest BCUT2D eigenvalue weighted by Crippen LogP contribution is 2.13. The Hall–Kier alpha value is -0.940. The van der Waals surface area contributed by atoms with Crippen molar-refractivity contribution in [2.24, 2.45) is 0 Å². The number of rotatable bonds is 0. The van der Waals surface area contributed by atoms with E-state index in [1.165, 1.54) is 0 Å². The van der Waals surface area contributed by atoms with E-state index in [1.807, 2.05) is 0 Å². The first-order valence-corrected chi connectivity index (χ1v) is 5.06. The highest BCUT2D eigenvalue weighted by atomic mass is 16.5. The van der Waals surface area contributed by atoms with Gasteiger partial charge in [-0.15, -0.1) is 0 Å². The summed E-state index contributed by atoms with van der Waals surface area (Å²) in [5.74, 6) is -0.658. The molecule has 3 atom stereocenters. The van der Waals surface area contributed by atoms with Gasteiger partial charge in [-0.2, -0.15) is 0 Å². The molecule has 0 saturated carbocycles. The third-order valence-corrected chi connectivity index (χ3v) is 2.42. The molecule has 5 nitrogen and oxygen atoms in total. The van der Waals surface area contributed by atoms with Crippen LogP contribution in [0.4, 0.5) is 0 Å². The van der Waals surface area contributed by atoms with Gasteiger partial charge in [-0.3, -0.25) is 9.59 Å². The van der Waals surface area contributed by atoms with Crippen LogP contribution in [0.5, 0.6) is 0 Å². The summed E-state index contributed by atoms with van der Waals surface area (Å²) in [6.07, 6.45) is -2.33. The van der Waals surface area contributed by atoms with E-state index < -0.39 is 18.2 Å². The maximum Gasteiger partial charge on any atom is 0.308 e. The van der Waals surface area contributed by atoms with Gasteiger partial charge in [0.05, 0.1) is 24.7 Å². The number of hydrogen-bond donors (Lipinski definition) is 2. The van der Waals surface area contributed by atoms with Gasteiger partial charge < -0.3 is 14.9 Å². The van der Waals surface area contributed by atoms with Crippen LogP contribution in [0.3, 0.4) is 0 Å². The molecule has 86 valence electrons. The molecule has 1 aliphatic rings. The van der Waals surface area contributed by atoms with Crippen molar-refractivity contribution in [2.75, 3.05) is 0 Å². The van der Waals surface area contributed by atoms with E-state index in [9.17, 15) is 19.8 Å². The molecule has 1 heterocycles. The predicted octanol–water partition coefficient (Wildman–Crippen LogP) is -0.217. The van der Waals surface area contributed by atoms with E-state index in [-0.39, 0.29) is 31.1 Å². The molecule has 1 rings (SSSR count). The average Bonchev–Trinajstić information content (AvgIpc) is 2.13. The van der Waals surface area contributed by atoms with Crippen molar-refractivity contribution in [3.63, 3.8) is 0 Å². The molecule has 5 heteroatoms. The van der Waals surface area contributed by atoms with Gasteiger partial charge in [0.25, 0.3) is 0 Å². The molecule has 0 aromatic rings. The van der Waals surface area contributed by atoms with E-state index >= 15 is 0 Å². The van der Waals surface area contributed by atoms with E-state index in [2.05, 4.69) is 0 Å². The fraction of sp³-hybridized carbons (Fsp3) is 0.800. The second kappa shape index (κ2) is 5.23. The van der Waals surface area contributed by atoms with Crippen LogP contribution in [-0.2, 0) is 14.3 Å². The maximum absolute atomic E-state index is 11.3. The van der Waals surface area contributed by atoms with Crippen molar-refractivity contribution in [1.29, 1.82) is 0 Å². The number of Topliss-reactive ketones (excluding diaryl/α,β-unsaturated/α-hetero) is 1. The standard InChI is InChI=1S/C10H16O5/c1-6-2-3-7(11)4-8(12)9(13)5-10(14)15-6/h6,8-9,12-13H,2-5H2,1H3/t6-,8+,9+/m1/s1. The molecule has 0 radical (unpaired) electrons. The Morgan fingerprint density at radius 3 is 2.47 bits per heavy atom. The monoisotopic (exact) mass is 216 g/mol. The third-order valence-electron chi connectivity index (χ3n) is 2.42. The van der Waals surface area contributed by atoms with Crippen molar-refractivity contribution in [3.8, 4) is 0 Å². The zero-order chi connectivity index (χ0) is 11.4. The first-order valence-electron chi connectivity index (χ1n) is 5.06. The summed E-state index contributed by atoms with van der Waals surface area (Å²) in [7, 11) is 0. The molecule has 0 bridgehead atoms. The Kier molecular flexibility index (Phi) is 4.23. The number of hydrogen-bond acceptors (Lipinski definition) is 5. The van der Waals surface area contributed by atoms with Crippen LogP contribution < -0.4 is 0 Å². The van der Waals surface area contributed by atoms with E-state index in [1.54, 1.807) is 6.92 Å². The molecule has 1 fully saturated rings. The molecular weight excluding hydrogens is 200 g/mol. The summed E-state index contributed by atoms with van der Waals surface area (Å²) in [4.78, 5) is 22.4. The van der Waals surface area contributed by atoms with Gasteiger partial charge in [-0.1, -0.05) is 0 Å². The Labute approximate surface area is 88.0 Å². The van der Waals surface area contributed by atoms with Gasteiger partial charge in [0, 0.05) is 12.8 Å². The summed E-state index contributed by atoms with van der Waals surface area (Å²) < 4.78 is 4.93. The second-order valence-electron chi connectivity index (χ2n) is 3.92. The Morgan fingerprint density at radius 1 is 1.20 bits per heavy atom. The Morgan fingerprint density at radius 2 is 1.80 bits per heavy atom. The third kappa shape index (κ3) is 3.97. The topological polar surface area (TPSA) is 83.8 Å². The minimum Gasteiger partial charge on any atom is -0.463 e. The highest BCUT2D eigenvalue weighted by Gasteiger charge is 2.25. The largest absolute Gasteiger partial charge is 0.463 e. The van der Waals surface area contributed by atoms with Crippen LogP contribution in [0.2, 0.25) is 0 Å². The second-order valence-corrected chi connectivity index (χ2v) is 3.92. The molecule has 0 amide bonds. The zero-order valence-electron chi connectivity index (χ0n) is 8.68. The molecule has 15 heavy (non-hydrogen) atoms. The summed E-state index contributed by atoms with van der Waals surface area (Å²) in [5, 5.41) is 18.7. The van der Waals surface area contributed by atoms with Crippen LogP contribution in [0.1, 0.15) is 32.6 Å². The highest BCUT2D eigenvalue weighted by molar-refractivity contribution is 5.79. The van der Waals surface area contributed by atoms with E-state index in [4.69, 9.17) is 4.74 Å². The number of carbonyl (C=O) groups excluding carboxylic acids is 2. The number of carbonyl (C=O) groups is 2. The number of esters is 1. The molecule has 0 spiro atoms. The SMILES string of the molecule is C[C@@H]1CCC(=O)C[C@H](O)[C@@H](O)CC(=O)O1. The molecule has 1 saturated heterocycles. The Balaban J connectivity index is 2.63. The molecule has 1 aliphatic heterocycles. The lowest BCUT2D eigenvalue weighted by molar-refractivity contribution is -0.154. The molecule has 2 N–H and O–H groups in total. The number of ketones is 1. The maximum atomic E-state index is 11.3. The van der Waals surface area contributed by atoms with E-state index in [0.717, 1.165) is 0 Å². The molecular formula is C10H16O5. The number of cyclic esters (lactones) is 1. The summed E-state index contributed by atoms with van der Waals surface area (Å²) in [5.41, 5.74) is 0. The molecule has 0 aromatic carbocycles. The minimum atomic E-state index is -1.22. The fourth-order valence-corrected chi connectivity index (χ4v) is 1.47. The summed E-state index contributed by atoms with van der Waals surface area (Å²) in [6, 6.07) is 0. The first-order chi connectivity index (χ1) is 6.99. The van der Waals surface area contributed by atoms with Crippen molar-refractivity contribution < 1.29 is 24.5 Å². The molecule has 0 aromatic heterocycles. The lowest BCUT2D eigenvalue weighted by Gasteiger charge is -2.20. The predicted molar refractivity (Wildman–Crippen MR) is 51.0 cm³/mol. The lowest BCUT2D eigenvalue weighted by Crippen LogP contribution is -2.33. The number of ether oxygens (including phenoxy) is 1. The normalized spacial score (nSPS) is 34.7. The lowest BCUT2D eigenvalue weighted by atomic mass is 10.0. The first kappa shape index (κ1) is 12.1. The van der Waals surface area contributed by atoms with Gasteiger partial charge in [0.15, 0.2) is 0 Å². The number of aliphatic hydroxyl groups excluding tert-OH is 2. The molecule has 0 aliphatic carbocycles. The van der Waals surface area contributed by atoms with Crippen molar-refractivity contribution in [1.82, 2.24) is 0 Å². The van der Waals surface area contributed by atoms with E-state index in [0.29, 0.717) is 6.42 Å². The number of aliphatic hydroxyl groups is 2. The van der Waals surface area contributed by atoms with Gasteiger partial charge in [0.1, 0.15) is 5.78 Å². The van der Waals surface area contributed by atoms with Crippen molar-refractivity contribution >= 4 is 11.8 Å². The van der Waals surface area contributed by atoms with Crippen LogP contribution in [0.25, 0.3) is 0 Å². The van der Waals surface area contributed by atoms with Gasteiger partial charge in [-0.25, -0.2) is 0 Å². The quantitative estimate of drug-likeness (QED) is 0.547. The van der Waals surface area contributed by atoms with Crippen LogP contribution in [0, 0.1) is 0 Å². The molecule has 0 unspecified atom stereocenters. The van der Waals surface area contributed by atoms with Gasteiger partial charge >= 0.3 is 5.97 Å². The van der Waals surface area contributed by atoms with Crippen LogP contribution in [-0.4, -0.2) is 40.3 Å². The Bertz CT molecular complexity index is 250.